The number of rotatable bonds is 6. The minimum atomic E-state index is 0. The first kappa shape index (κ1) is 22.9. The van der Waals surface area contributed by atoms with Crippen LogP contribution in [0.2, 0.25) is 0 Å². The number of likely N-dealkylation sites (tertiary alicyclic amines) is 1. The van der Waals surface area contributed by atoms with Crippen molar-refractivity contribution in [3.05, 3.63) is 0 Å². The Morgan fingerprint density at radius 3 is 2.36 bits per heavy atom. The molecule has 0 radical (unpaired) electrons. The van der Waals surface area contributed by atoms with Crippen molar-refractivity contribution in [1.29, 1.82) is 0 Å². The van der Waals surface area contributed by atoms with Gasteiger partial charge in [-0.05, 0) is 59.2 Å². The predicted octanol–water partition coefficient (Wildman–Crippen LogP) is 1.61. The molecule has 2 saturated heterocycles. The van der Waals surface area contributed by atoms with Gasteiger partial charge in [0.1, 0.15) is 0 Å². The number of ether oxygens (including phenoxy) is 1. The molecule has 0 aromatic heterocycles. The summed E-state index contributed by atoms with van der Waals surface area (Å²) in [5.74, 6) is 1.78. The fourth-order valence-corrected chi connectivity index (χ4v) is 3.55. The van der Waals surface area contributed by atoms with Crippen molar-refractivity contribution >= 4 is 29.9 Å². The van der Waals surface area contributed by atoms with Crippen LogP contribution in [0, 0.1) is 5.92 Å². The summed E-state index contributed by atoms with van der Waals surface area (Å²) in [6, 6.07) is 0. The molecule has 0 bridgehead atoms. The Bertz CT molecular complexity index is 391. The highest BCUT2D eigenvalue weighted by Crippen LogP contribution is 2.18. The molecule has 2 aliphatic heterocycles. The number of piperidine rings is 1. The van der Waals surface area contributed by atoms with E-state index < -0.39 is 0 Å². The van der Waals surface area contributed by atoms with Crippen LogP contribution >= 0.6 is 24.0 Å². The van der Waals surface area contributed by atoms with Gasteiger partial charge in [-0.25, -0.2) is 0 Å². The van der Waals surface area contributed by atoms with Gasteiger partial charge in [-0.1, -0.05) is 0 Å². The van der Waals surface area contributed by atoms with E-state index in [-0.39, 0.29) is 29.5 Å². The number of guanidine groups is 1. The molecule has 2 fully saturated rings. The average Bonchev–Trinajstić information content (AvgIpc) is 2.60. The molecule has 2 heterocycles. The molecular formula is C18H38IN5O. The maximum absolute atomic E-state index is 5.46. The lowest BCUT2D eigenvalue weighted by Crippen LogP contribution is -2.56. The van der Waals surface area contributed by atoms with E-state index in [1.165, 1.54) is 32.4 Å². The van der Waals surface area contributed by atoms with E-state index in [0.717, 1.165) is 51.3 Å². The highest BCUT2D eigenvalue weighted by Gasteiger charge is 2.28. The molecule has 2 N–H and O–H groups in total. The zero-order chi connectivity index (χ0) is 17.4. The van der Waals surface area contributed by atoms with Crippen LogP contribution in [0.25, 0.3) is 0 Å². The van der Waals surface area contributed by atoms with Gasteiger partial charge in [0.15, 0.2) is 5.96 Å². The van der Waals surface area contributed by atoms with Crippen molar-refractivity contribution in [1.82, 2.24) is 20.4 Å². The summed E-state index contributed by atoms with van der Waals surface area (Å²) in [6.07, 6.45) is 3.89. The number of aliphatic imine (C=N–C) groups is 1. The van der Waals surface area contributed by atoms with Crippen molar-refractivity contribution in [3.8, 4) is 0 Å². The summed E-state index contributed by atoms with van der Waals surface area (Å²) >= 11 is 0. The summed E-state index contributed by atoms with van der Waals surface area (Å²) in [5, 5.41) is 6.99. The van der Waals surface area contributed by atoms with Gasteiger partial charge in [-0.3, -0.25) is 9.89 Å². The quantitative estimate of drug-likeness (QED) is 0.353. The maximum Gasteiger partial charge on any atom is 0.191 e. The summed E-state index contributed by atoms with van der Waals surface area (Å²) in [5.41, 5.74) is 0.107. The fraction of sp³-hybridized carbons (Fsp3) is 0.944. The lowest BCUT2D eigenvalue weighted by atomic mass is 9.94. The van der Waals surface area contributed by atoms with Crippen LogP contribution in [-0.2, 0) is 4.74 Å². The van der Waals surface area contributed by atoms with Crippen molar-refractivity contribution in [2.45, 2.75) is 38.6 Å². The van der Waals surface area contributed by atoms with E-state index in [9.17, 15) is 0 Å². The molecule has 148 valence electrons. The molecule has 2 aliphatic rings. The van der Waals surface area contributed by atoms with Gasteiger partial charge >= 0.3 is 0 Å². The van der Waals surface area contributed by atoms with Gasteiger partial charge in [0.2, 0.25) is 0 Å². The third kappa shape index (κ3) is 7.97. The first-order valence-electron chi connectivity index (χ1n) is 9.47. The van der Waals surface area contributed by atoms with E-state index >= 15 is 0 Å². The third-order valence-electron chi connectivity index (χ3n) is 5.46. The van der Waals surface area contributed by atoms with Crippen LogP contribution in [0.4, 0.5) is 0 Å². The summed E-state index contributed by atoms with van der Waals surface area (Å²) in [7, 11) is 4.07. The van der Waals surface area contributed by atoms with E-state index in [4.69, 9.17) is 4.74 Å². The second kappa shape index (κ2) is 11.6. The first-order valence-corrected chi connectivity index (χ1v) is 9.47. The molecule has 7 heteroatoms. The zero-order valence-corrected chi connectivity index (χ0v) is 18.8. The molecule has 0 aliphatic carbocycles. The van der Waals surface area contributed by atoms with Gasteiger partial charge < -0.3 is 20.3 Å². The lowest BCUT2D eigenvalue weighted by Gasteiger charge is -2.41. The van der Waals surface area contributed by atoms with Crippen molar-refractivity contribution in [3.63, 3.8) is 0 Å². The summed E-state index contributed by atoms with van der Waals surface area (Å²) in [4.78, 5) is 9.30. The van der Waals surface area contributed by atoms with E-state index in [0.29, 0.717) is 0 Å². The Hall–Kier alpha value is -0.120. The van der Waals surface area contributed by atoms with Crippen LogP contribution < -0.4 is 10.6 Å². The summed E-state index contributed by atoms with van der Waals surface area (Å²) < 4.78 is 5.46. The van der Waals surface area contributed by atoms with Gasteiger partial charge in [0, 0.05) is 38.8 Å². The average molecular weight is 467 g/mol. The first-order chi connectivity index (χ1) is 11.5. The highest BCUT2D eigenvalue weighted by molar-refractivity contribution is 14.0. The second-order valence-electron chi connectivity index (χ2n) is 7.80. The van der Waals surface area contributed by atoms with Gasteiger partial charge in [-0.15, -0.1) is 24.0 Å². The lowest BCUT2D eigenvalue weighted by molar-refractivity contribution is -0.00834. The van der Waals surface area contributed by atoms with E-state index in [1.807, 2.05) is 7.05 Å². The van der Waals surface area contributed by atoms with Crippen LogP contribution in [0.15, 0.2) is 4.99 Å². The number of morpholine rings is 1. The van der Waals surface area contributed by atoms with E-state index in [1.54, 1.807) is 0 Å². The minimum Gasteiger partial charge on any atom is -0.379 e. The molecule has 0 spiro atoms. The standard InChI is InChI=1S/C18H37N5O.HI/c1-18(2,23-11-13-24-14-12-23)15-21-17(19-3)20-8-5-16-6-9-22(4)10-7-16;/h16H,5-15H2,1-4H3,(H2,19,20,21);1H. The highest BCUT2D eigenvalue weighted by atomic mass is 127. The molecular weight excluding hydrogens is 429 g/mol. The Kier molecular flexibility index (Phi) is 10.6. The Labute approximate surface area is 171 Å². The molecule has 0 unspecified atom stereocenters. The number of halogens is 1. The second-order valence-corrected chi connectivity index (χ2v) is 7.80. The molecule has 0 saturated carbocycles. The van der Waals surface area contributed by atoms with Crippen molar-refractivity contribution < 1.29 is 4.74 Å². The fourth-order valence-electron chi connectivity index (χ4n) is 3.55. The largest absolute Gasteiger partial charge is 0.379 e. The molecule has 0 aromatic carbocycles. The topological polar surface area (TPSA) is 52.1 Å². The monoisotopic (exact) mass is 467 g/mol. The maximum atomic E-state index is 5.46. The van der Waals surface area contributed by atoms with Crippen LogP contribution in [0.1, 0.15) is 33.1 Å². The summed E-state index contributed by atoms with van der Waals surface area (Å²) in [6.45, 7) is 12.7. The molecule has 25 heavy (non-hydrogen) atoms. The smallest absolute Gasteiger partial charge is 0.191 e. The van der Waals surface area contributed by atoms with Gasteiger partial charge in [0.05, 0.1) is 13.2 Å². The van der Waals surface area contributed by atoms with Crippen molar-refractivity contribution in [2.24, 2.45) is 10.9 Å². The molecule has 6 nitrogen and oxygen atoms in total. The predicted molar refractivity (Wildman–Crippen MR) is 116 cm³/mol. The Balaban J connectivity index is 0.00000312. The van der Waals surface area contributed by atoms with Gasteiger partial charge in [-0.2, -0.15) is 0 Å². The molecule has 0 amide bonds. The van der Waals surface area contributed by atoms with Gasteiger partial charge in [0.25, 0.3) is 0 Å². The van der Waals surface area contributed by atoms with Crippen LogP contribution in [-0.4, -0.2) is 87.9 Å². The van der Waals surface area contributed by atoms with E-state index in [2.05, 4.69) is 46.3 Å². The number of nitrogens with one attached hydrogen (secondary N) is 2. The molecule has 2 rings (SSSR count). The van der Waals surface area contributed by atoms with Crippen molar-refractivity contribution in [2.75, 3.05) is 66.6 Å². The number of nitrogens with zero attached hydrogens (tertiary/aromatic N) is 3. The SMILES string of the molecule is CN=C(NCCC1CCN(C)CC1)NCC(C)(C)N1CCOCC1.I. The Morgan fingerprint density at radius 2 is 1.76 bits per heavy atom. The zero-order valence-electron chi connectivity index (χ0n) is 16.5. The minimum absolute atomic E-state index is 0. The Morgan fingerprint density at radius 1 is 1.12 bits per heavy atom. The van der Waals surface area contributed by atoms with Crippen LogP contribution in [0.5, 0.6) is 0 Å². The normalized spacial score (nSPS) is 21.7. The number of hydrogen-bond acceptors (Lipinski definition) is 4. The molecule has 0 atom stereocenters. The molecule has 0 aromatic rings. The third-order valence-corrected chi connectivity index (χ3v) is 5.46. The van der Waals surface area contributed by atoms with Crippen LogP contribution in [0.3, 0.4) is 0 Å². The number of hydrogen-bond donors (Lipinski definition) is 2.